The minimum atomic E-state index is -1.16. The maximum atomic E-state index is 13.2. The predicted molar refractivity (Wildman–Crippen MR) is 126 cm³/mol. The molecule has 0 heterocycles. The van der Waals surface area contributed by atoms with Gasteiger partial charge in [-0.3, -0.25) is 9.59 Å². The average molecular weight is 453 g/mol. The van der Waals surface area contributed by atoms with Crippen molar-refractivity contribution in [1.82, 2.24) is 10.2 Å². The molecule has 2 aromatic carbocycles. The van der Waals surface area contributed by atoms with Gasteiger partial charge in [-0.25, -0.2) is 4.79 Å². The molecule has 3 rings (SSSR count). The Balaban J connectivity index is 1.71. The molecule has 0 saturated carbocycles. The molecular weight excluding hydrogens is 420 g/mol. The van der Waals surface area contributed by atoms with Gasteiger partial charge in [0.05, 0.1) is 5.92 Å². The molecule has 1 atom stereocenters. The van der Waals surface area contributed by atoms with Crippen LogP contribution in [0.5, 0.6) is 0 Å². The second kappa shape index (κ2) is 10.1. The zero-order chi connectivity index (χ0) is 24.2. The molecule has 176 valence electrons. The molecule has 1 aliphatic carbocycles. The summed E-state index contributed by atoms with van der Waals surface area (Å²) in [6.07, 6.45) is 0.0602. The maximum absolute atomic E-state index is 13.2. The summed E-state index contributed by atoms with van der Waals surface area (Å²) in [7, 11) is 1.56. The van der Waals surface area contributed by atoms with E-state index in [-0.39, 0.29) is 25.0 Å². The largest absolute Gasteiger partial charge is 0.481 e. The molecule has 0 bridgehead atoms. The molecule has 7 heteroatoms. The molecule has 2 aromatic rings. The third-order valence-electron chi connectivity index (χ3n) is 6.62. The van der Waals surface area contributed by atoms with Crippen molar-refractivity contribution < 1.29 is 24.2 Å². The van der Waals surface area contributed by atoms with Gasteiger partial charge in [0.1, 0.15) is 12.1 Å². The van der Waals surface area contributed by atoms with Gasteiger partial charge in [-0.05, 0) is 35.1 Å². The minimum Gasteiger partial charge on any atom is -0.481 e. The van der Waals surface area contributed by atoms with Crippen molar-refractivity contribution in [3.05, 3.63) is 59.7 Å². The topological polar surface area (TPSA) is 95.9 Å². The van der Waals surface area contributed by atoms with Crippen molar-refractivity contribution in [2.45, 2.75) is 45.1 Å². The first-order chi connectivity index (χ1) is 15.7. The van der Waals surface area contributed by atoms with Crippen LogP contribution in [0.2, 0.25) is 0 Å². The van der Waals surface area contributed by atoms with Crippen LogP contribution in [0.4, 0.5) is 4.79 Å². The second-order valence-corrected chi connectivity index (χ2v) is 8.66. The first-order valence-electron chi connectivity index (χ1n) is 11.4. The van der Waals surface area contributed by atoms with Gasteiger partial charge in [0.25, 0.3) is 0 Å². The lowest BCUT2D eigenvalue weighted by Crippen LogP contribution is -2.59. The Morgan fingerprint density at radius 3 is 2.03 bits per heavy atom. The smallest absolute Gasteiger partial charge is 0.408 e. The Morgan fingerprint density at radius 1 is 1.03 bits per heavy atom. The molecule has 0 fully saturated rings. The Hall–Kier alpha value is -3.35. The monoisotopic (exact) mass is 452 g/mol. The van der Waals surface area contributed by atoms with Gasteiger partial charge < -0.3 is 20.1 Å². The number of ether oxygens (including phenoxy) is 1. The highest BCUT2D eigenvalue weighted by atomic mass is 16.5. The number of hydrogen-bond donors (Lipinski definition) is 2. The Bertz CT molecular complexity index is 985. The zero-order valence-corrected chi connectivity index (χ0v) is 19.6. The van der Waals surface area contributed by atoms with E-state index >= 15 is 0 Å². The normalized spacial score (nSPS) is 13.6. The number of aliphatic carboxylic acids is 1. The number of fused-ring (bicyclic) bond motifs is 3. The quantitative estimate of drug-likeness (QED) is 0.593. The second-order valence-electron chi connectivity index (χ2n) is 8.66. The van der Waals surface area contributed by atoms with Crippen LogP contribution >= 0.6 is 0 Å². The van der Waals surface area contributed by atoms with Crippen LogP contribution in [0.3, 0.4) is 0 Å². The lowest BCUT2D eigenvalue weighted by atomic mass is 9.91. The number of nitrogens with one attached hydrogen (secondary N) is 1. The zero-order valence-electron chi connectivity index (χ0n) is 19.6. The molecule has 1 unspecified atom stereocenters. The summed E-state index contributed by atoms with van der Waals surface area (Å²) in [6, 6.07) is 16.2. The van der Waals surface area contributed by atoms with Crippen LogP contribution in [0.15, 0.2) is 48.5 Å². The number of carbonyl (C=O) groups excluding carboxylic acids is 2. The first kappa shape index (κ1) is 24.3. The molecule has 2 amide bonds. The van der Waals surface area contributed by atoms with Crippen molar-refractivity contribution in [1.29, 1.82) is 0 Å². The van der Waals surface area contributed by atoms with Gasteiger partial charge in [-0.1, -0.05) is 69.3 Å². The Labute approximate surface area is 194 Å². The number of carboxylic acids is 1. The predicted octanol–water partition coefficient (Wildman–Crippen LogP) is 4.26. The number of likely N-dealkylation sites (N-methyl/N-ethyl adjacent to an activating group) is 1. The van der Waals surface area contributed by atoms with E-state index < -0.39 is 23.5 Å². The highest BCUT2D eigenvalue weighted by Gasteiger charge is 2.40. The molecule has 0 aliphatic heterocycles. The number of benzene rings is 2. The molecule has 0 saturated heterocycles. The van der Waals surface area contributed by atoms with Crippen molar-refractivity contribution in [3.8, 4) is 11.1 Å². The van der Waals surface area contributed by atoms with E-state index in [0.29, 0.717) is 12.8 Å². The van der Waals surface area contributed by atoms with E-state index in [9.17, 15) is 14.4 Å². The Kier molecular flexibility index (Phi) is 7.41. The number of carbonyl (C=O) groups is 3. The van der Waals surface area contributed by atoms with Crippen molar-refractivity contribution in [3.63, 3.8) is 0 Å². The van der Waals surface area contributed by atoms with Gasteiger partial charge in [-0.2, -0.15) is 0 Å². The van der Waals surface area contributed by atoms with Crippen molar-refractivity contribution in [2.24, 2.45) is 5.92 Å². The van der Waals surface area contributed by atoms with Crippen molar-refractivity contribution in [2.75, 3.05) is 20.2 Å². The van der Waals surface area contributed by atoms with E-state index in [2.05, 4.69) is 17.4 Å². The number of alkyl carbamates (subject to hydrolysis) is 1. The van der Waals surface area contributed by atoms with Gasteiger partial charge >= 0.3 is 12.1 Å². The maximum Gasteiger partial charge on any atom is 0.408 e. The van der Waals surface area contributed by atoms with Gasteiger partial charge in [0, 0.05) is 19.5 Å². The molecule has 0 spiro atoms. The fourth-order valence-corrected chi connectivity index (χ4v) is 4.55. The lowest BCUT2D eigenvalue weighted by Gasteiger charge is -2.35. The van der Waals surface area contributed by atoms with Crippen LogP contribution in [-0.4, -0.2) is 53.7 Å². The van der Waals surface area contributed by atoms with Gasteiger partial charge in [0.15, 0.2) is 0 Å². The highest BCUT2D eigenvalue weighted by Crippen LogP contribution is 2.44. The van der Waals surface area contributed by atoms with E-state index in [1.54, 1.807) is 14.0 Å². The summed E-state index contributed by atoms with van der Waals surface area (Å²) in [5, 5.41) is 11.9. The number of hydrogen-bond acceptors (Lipinski definition) is 4. The molecular formula is C26H32N2O5. The van der Waals surface area contributed by atoms with Crippen LogP contribution in [0, 0.1) is 5.92 Å². The van der Waals surface area contributed by atoms with Crippen LogP contribution < -0.4 is 5.32 Å². The van der Waals surface area contributed by atoms with Gasteiger partial charge in [0.2, 0.25) is 5.91 Å². The minimum absolute atomic E-state index is 0.0578. The number of rotatable bonds is 9. The molecule has 7 nitrogen and oxygen atoms in total. The third-order valence-corrected chi connectivity index (χ3v) is 6.62. The first-order valence-corrected chi connectivity index (χ1v) is 11.4. The highest BCUT2D eigenvalue weighted by molar-refractivity contribution is 5.90. The Morgan fingerprint density at radius 2 is 1.55 bits per heavy atom. The summed E-state index contributed by atoms with van der Waals surface area (Å²) in [5.74, 6) is -2.08. The average Bonchev–Trinajstić information content (AvgIpc) is 3.14. The lowest BCUT2D eigenvalue weighted by molar-refractivity contribution is -0.144. The summed E-state index contributed by atoms with van der Waals surface area (Å²) in [6.45, 7) is 5.40. The van der Waals surface area contributed by atoms with E-state index in [0.717, 1.165) is 22.3 Å². The molecule has 1 aliphatic rings. The third kappa shape index (κ3) is 4.87. The summed E-state index contributed by atoms with van der Waals surface area (Å²) in [4.78, 5) is 38.5. The van der Waals surface area contributed by atoms with E-state index in [1.807, 2.05) is 50.2 Å². The summed E-state index contributed by atoms with van der Waals surface area (Å²) >= 11 is 0. The summed E-state index contributed by atoms with van der Waals surface area (Å²) < 4.78 is 5.63. The van der Waals surface area contributed by atoms with Crippen LogP contribution in [0.1, 0.15) is 50.7 Å². The standard InChI is InChI=1S/C26H32N2O5/c1-5-26(6-2,24(31)28(4)15-17(3)23(29)30)27-25(32)33-16-22-20-13-9-7-11-18(20)19-12-8-10-14-21(19)22/h7-14,17,22H,5-6,15-16H2,1-4H3,(H,27,32)(H,29,30). The fourth-order valence-electron chi connectivity index (χ4n) is 4.55. The van der Waals surface area contributed by atoms with Crippen molar-refractivity contribution >= 4 is 18.0 Å². The van der Waals surface area contributed by atoms with E-state index in [4.69, 9.17) is 9.84 Å². The molecule has 2 N–H and O–H groups in total. The fraction of sp³-hybridized carbons (Fsp3) is 0.423. The molecule has 0 aromatic heterocycles. The van der Waals surface area contributed by atoms with Crippen LogP contribution in [0.25, 0.3) is 11.1 Å². The van der Waals surface area contributed by atoms with Crippen LogP contribution in [-0.2, 0) is 14.3 Å². The number of carboxylic acid groups (broad SMARTS) is 1. The summed E-state index contributed by atoms with van der Waals surface area (Å²) in [5.41, 5.74) is 3.35. The SMILES string of the molecule is CCC(CC)(NC(=O)OCC1c2ccccc2-c2ccccc21)C(=O)N(C)CC(C)C(=O)O. The number of amides is 2. The van der Waals surface area contributed by atoms with Gasteiger partial charge in [-0.15, -0.1) is 0 Å². The molecule has 0 radical (unpaired) electrons. The number of nitrogens with zero attached hydrogens (tertiary/aromatic N) is 1. The van der Waals surface area contributed by atoms with E-state index in [1.165, 1.54) is 4.90 Å². The molecule has 33 heavy (non-hydrogen) atoms.